The molecule has 0 aliphatic heterocycles. The molecule has 0 spiro atoms. The summed E-state index contributed by atoms with van der Waals surface area (Å²) in [6.45, 7) is -0.137. The molecule has 0 radical (unpaired) electrons. The zero-order chi connectivity index (χ0) is 24.2. The van der Waals surface area contributed by atoms with E-state index in [1.54, 1.807) is 43.5 Å². The number of fused-ring (bicyclic) bond motifs is 3. The maximum atomic E-state index is 12.5. The van der Waals surface area contributed by atoms with E-state index in [2.05, 4.69) is 21.7 Å². The number of methoxy groups -OCH3 is 1. The lowest BCUT2D eigenvalue weighted by Gasteiger charge is -2.11. The van der Waals surface area contributed by atoms with Gasteiger partial charge in [0.1, 0.15) is 11.5 Å². The summed E-state index contributed by atoms with van der Waals surface area (Å²) in [6, 6.07) is 27.6. The molecule has 0 unspecified atom stereocenters. The Morgan fingerprint density at radius 2 is 1.54 bits per heavy atom. The molecular formula is C28H23N3O4. The zero-order valence-corrected chi connectivity index (χ0v) is 19.0. The molecule has 4 aromatic carbocycles. The summed E-state index contributed by atoms with van der Waals surface area (Å²) in [5.74, 6) is 0.604. The van der Waals surface area contributed by atoms with Crippen LogP contribution in [0.25, 0.3) is 21.8 Å². The molecule has 5 aromatic rings. The Morgan fingerprint density at radius 3 is 2.37 bits per heavy atom. The molecule has 1 aromatic heterocycles. The summed E-state index contributed by atoms with van der Waals surface area (Å²) in [5, 5.41) is 7.85. The number of rotatable bonds is 7. The molecule has 0 fully saturated rings. The van der Waals surface area contributed by atoms with E-state index in [-0.39, 0.29) is 18.4 Å². The Morgan fingerprint density at radius 1 is 0.800 bits per heavy atom. The van der Waals surface area contributed by atoms with Crippen LogP contribution < -0.4 is 20.1 Å². The van der Waals surface area contributed by atoms with Crippen molar-refractivity contribution in [1.29, 1.82) is 0 Å². The van der Waals surface area contributed by atoms with Crippen molar-refractivity contribution < 1.29 is 19.1 Å². The van der Waals surface area contributed by atoms with E-state index in [1.807, 2.05) is 48.5 Å². The van der Waals surface area contributed by atoms with Gasteiger partial charge < -0.3 is 25.1 Å². The number of H-pyrrole nitrogens is 1. The third kappa shape index (κ3) is 4.79. The van der Waals surface area contributed by atoms with Gasteiger partial charge in [-0.05, 0) is 54.6 Å². The standard InChI is InChI=1S/C28H23N3O4/c1-34-26-9-5-4-8-24(26)31-28(33)18-10-12-19(13-11-18)29-27(32)17-35-20-14-15-22-21-6-2-3-7-23(21)30-25(22)16-20/h2-16,30H,17H2,1H3,(H,29,32)(H,31,33). The van der Waals surface area contributed by atoms with Crippen molar-refractivity contribution in [3.05, 3.63) is 96.6 Å². The summed E-state index contributed by atoms with van der Waals surface area (Å²) < 4.78 is 10.9. The Bertz CT molecular complexity index is 1520. The molecular weight excluding hydrogens is 442 g/mol. The fourth-order valence-electron chi connectivity index (χ4n) is 3.92. The number of aromatic nitrogens is 1. The average Bonchev–Trinajstić information content (AvgIpc) is 3.26. The predicted molar refractivity (Wildman–Crippen MR) is 137 cm³/mol. The molecule has 3 N–H and O–H groups in total. The molecule has 0 aliphatic carbocycles. The minimum absolute atomic E-state index is 0.137. The summed E-state index contributed by atoms with van der Waals surface area (Å²) >= 11 is 0. The monoisotopic (exact) mass is 465 g/mol. The van der Waals surface area contributed by atoms with Gasteiger partial charge in [-0.1, -0.05) is 30.3 Å². The molecule has 5 rings (SSSR count). The fraction of sp³-hybridized carbons (Fsp3) is 0.0714. The Labute approximate surface area is 201 Å². The Kier molecular flexibility index (Phi) is 6.05. The first-order valence-corrected chi connectivity index (χ1v) is 11.1. The van der Waals surface area contributed by atoms with Gasteiger partial charge in [-0.15, -0.1) is 0 Å². The van der Waals surface area contributed by atoms with Crippen molar-refractivity contribution in [2.45, 2.75) is 0 Å². The van der Waals surface area contributed by atoms with Crippen molar-refractivity contribution in [3.8, 4) is 11.5 Å². The first-order chi connectivity index (χ1) is 17.1. The van der Waals surface area contributed by atoms with Gasteiger partial charge in [0.25, 0.3) is 11.8 Å². The third-order valence-corrected chi connectivity index (χ3v) is 5.63. The number of hydrogen-bond acceptors (Lipinski definition) is 4. The normalized spacial score (nSPS) is 10.8. The van der Waals surface area contributed by atoms with Crippen LogP contribution in [0.1, 0.15) is 10.4 Å². The molecule has 0 bridgehead atoms. The number of hydrogen-bond donors (Lipinski definition) is 3. The highest BCUT2D eigenvalue weighted by Gasteiger charge is 2.11. The van der Waals surface area contributed by atoms with Gasteiger partial charge in [-0.3, -0.25) is 9.59 Å². The van der Waals surface area contributed by atoms with Crippen molar-refractivity contribution in [2.24, 2.45) is 0 Å². The molecule has 1 heterocycles. The molecule has 0 saturated heterocycles. The maximum Gasteiger partial charge on any atom is 0.262 e. The van der Waals surface area contributed by atoms with Crippen LogP contribution >= 0.6 is 0 Å². The van der Waals surface area contributed by atoms with Crippen LogP contribution in [0, 0.1) is 0 Å². The second kappa shape index (κ2) is 9.61. The van der Waals surface area contributed by atoms with Crippen LogP contribution in [0.4, 0.5) is 11.4 Å². The highest BCUT2D eigenvalue weighted by Crippen LogP contribution is 2.28. The number of ether oxygens (including phenoxy) is 2. The fourth-order valence-corrected chi connectivity index (χ4v) is 3.92. The number of aromatic amines is 1. The Hall–Kier alpha value is -4.78. The molecule has 35 heavy (non-hydrogen) atoms. The van der Waals surface area contributed by atoms with Gasteiger partial charge in [0.15, 0.2) is 6.61 Å². The van der Waals surface area contributed by atoms with Crippen LogP contribution in [0.15, 0.2) is 91.0 Å². The minimum Gasteiger partial charge on any atom is -0.495 e. The van der Waals surface area contributed by atoms with Gasteiger partial charge in [0, 0.05) is 33.6 Å². The van der Waals surface area contributed by atoms with Gasteiger partial charge in [0.05, 0.1) is 18.3 Å². The Balaban J connectivity index is 1.18. The maximum absolute atomic E-state index is 12.5. The minimum atomic E-state index is -0.298. The van der Waals surface area contributed by atoms with E-state index in [1.165, 1.54) is 0 Å². The molecule has 0 saturated carbocycles. The van der Waals surface area contributed by atoms with Crippen LogP contribution in [-0.2, 0) is 4.79 Å². The van der Waals surface area contributed by atoms with E-state index in [0.717, 1.165) is 21.8 Å². The summed E-state index contributed by atoms with van der Waals surface area (Å²) in [4.78, 5) is 28.3. The summed E-state index contributed by atoms with van der Waals surface area (Å²) in [5.41, 5.74) is 3.61. The topological polar surface area (TPSA) is 92.5 Å². The predicted octanol–water partition coefficient (Wildman–Crippen LogP) is 5.60. The van der Waals surface area contributed by atoms with Crippen molar-refractivity contribution in [1.82, 2.24) is 4.98 Å². The van der Waals surface area contributed by atoms with Crippen molar-refractivity contribution in [2.75, 3.05) is 24.4 Å². The molecule has 0 atom stereocenters. The number of carbonyl (C=O) groups excluding carboxylic acids is 2. The van der Waals surface area contributed by atoms with Crippen LogP contribution in [-0.4, -0.2) is 30.5 Å². The van der Waals surface area contributed by atoms with E-state index in [9.17, 15) is 9.59 Å². The second-order valence-electron chi connectivity index (χ2n) is 7.95. The van der Waals surface area contributed by atoms with Gasteiger partial charge >= 0.3 is 0 Å². The zero-order valence-electron chi connectivity index (χ0n) is 19.0. The van der Waals surface area contributed by atoms with Crippen molar-refractivity contribution >= 4 is 45.0 Å². The van der Waals surface area contributed by atoms with Gasteiger partial charge in [-0.25, -0.2) is 0 Å². The van der Waals surface area contributed by atoms with E-state index in [0.29, 0.717) is 28.4 Å². The molecule has 7 nitrogen and oxygen atoms in total. The lowest BCUT2D eigenvalue weighted by atomic mass is 10.1. The van der Waals surface area contributed by atoms with E-state index >= 15 is 0 Å². The lowest BCUT2D eigenvalue weighted by molar-refractivity contribution is -0.118. The van der Waals surface area contributed by atoms with Crippen LogP contribution in [0.3, 0.4) is 0 Å². The summed E-state index contributed by atoms with van der Waals surface area (Å²) in [7, 11) is 1.55. The number of nitrogens with one attached hydrogen (secondary N) is 3. The average molecular weight is 466 g/mol. The van der Waals surface area contributed by atoms with Crippen LogP contribution in [0.2, 0.25) is 0 Å². The highest BCUT2D eigenvalue weighted by atomic mass is 16.5. The number of para-hydroxylation sites is 3. The molecule has 2 amide bonds. The number of benzene rings is 4. The third-order valence-electron chi connectivity index (χ3n) is 5.63. The highest BCUT2D eigenvalue weighted by molar-refractivity contribution is 6.07. The largest absolute Gasteiger partial charge is 0.495 e. The molecule has 7 heteroatoms. The smallest absolute Gasteiger partial charge is 0.262 e. The van der Waals surface area contributed by atoms with E-state index in [4.69, 9.17) is 9.47 Å². The lowest BCUT2D eigenvalue weighted by Crippen LogP contribution is -2.20. The second-order valence-corrected chi connectivity index (χ2v) is 7.95. The number of amides is 2. The molecule has 0 aliphatic rings. The van der Waals surface area contributed by atoms with Gasteiger partial charge in [-0.2, -0.15) is 0 Å². The first kappa shape index (κ1) is 22.0. The summed E-state index contributed by atoms with van der Waals surface area (Å²) in [6.07, 6.45) is 0. The number of anilines is 2. The van der Waals surface area contributed by atoms with Gasteiger partial charge in [0.2, 0.25) is 0 Å². The molecule has 174 valence electrons. The van der Waals surface area contributed by atoms with Crippen molar-refractivity contribution in [3.63, 3.8) is 0 Å². The first-order valence-electron chi connectivity index (χ1n) is 11.1. The quantitative estimate of drug-likeness (QED) is 0.292. The van der Waals surface area contributed by atoms with Crippen LogP contribution in [0.5, 0.6) is 11.5 Å². The van der Waals surface area contributed by atoms with E-state index < -0.39 is 0 Å². The SMILES string of the molecule is COc1ccccc1NC(=O)c1ccc(NC(=O)COc2ccc3c(c2)[nH]c2ccccc23)cc1. The number of carbonyl (C=O) groups is 2.